The van der Waals surface area contributed by atoms with Gasteiger partial charge in [-0.25, -0.2) is 0 Å². The summed E-state index contributed by atoms with van der Waals surface area (Å²) >= 11 is 0. The molecular formula is C31H39NO7. The van der Waals surface area contributed by atoms with Crippen LogP contribution in [0.15, 0.2) is 66.7 Å². The first kappa shape index (κ1) is 30.0. The molecule has 0 aliphatic carbocycles. The van der Waals surface area contributed by atoms with Crippen molar-refractivity contribution < 1.29 is 34.7 Å². The number of rotatable bonds is 16. The number of aryl methyl sites for hydroxylation is 1. The second kappa shape index (κ2) is 15.1. The summed E-state index contributed by atoms with van der Waals surface area (Å²) in [5.41, 5.74) is 2.80. The van der Waals surface area contributed by atoms with E-state index in [1.165, 1.54) is 13.2 Å². The van der Waals surface area contributed by atoms with E-state index in [-0.39, 0.29) is 42.8 Å². The second-order valence-electron chi connectivity index (χ2n) is 9.86. The Morgan fingerprint density at radius 1 is 0.872 bits per heavy atom. The van der Waals surface area contributed by atoms with Crippen molar-refractivity contribution in [1.82, 2.24) is 5.32 Å². The average Bonchev–Trinajstić information content (AvgIpc) is 2.92. The number of methoxy groups -OCH3 is 1. The van der Waals surface area contributed by atoms with Gasteiger partial charge in [-0.15, -0.1) is 0 Å². The van der Waals surface area contributed by atoms with Crippen LogP contribution in [0.4, 0.5) is 0 Å². The van der Waals surface area contributed by atoms with Gasteiger partial charge in [0, 0.05) is 19.4 Å². The molecule has 0 heterocycles. The molecule has 0 aliphatic heterocycles. The fourth-order valence-corrected chi connectivity index (χ4v) is 4.42. The number of phenols is 2. The van der Waals surface area contributed by atoms with Crippen molar-refractivity contribution in [3.63, 3.8) is 0 Å². The van der Waals surface area contributed by atoms with Crippen molar-refractivity contribution in [2.75, 3.05) is 20.4 Å². The predicted molar refractivity (Wildman–Crippen MR) is 149 cm³/mol. The van der Waals surface area contributed by atoms with Gasteiger partial charge in [-0.05, 0) is 73.1 Å². The summed E-state index contributed by atoms with van der Waals surface area (Å²) in [6, 6.07) is 19.9. The number of Topliss-reactive ketones (excluding diaryl/α,β-unsaturated/α-hetero) is 1. The molecule has 0 fully saturated rings. The van der Waals surface area contributed by atoms with E-state index in [0.717, 1.165) is 16.7 Å². The van der Waals surface area contributed by atoms with E-state index in [9.17, 15) is 25.2 Å². The number of hydrogen-bond donors (Lipinski definition) is 5. The van der Waals surface area contributed by atoms with Crippen LogP contribution < -0.4 is 14.8 Å². The molecule has 8 nitrogen and oxygen atoms in total. The summed E-state index contributed by atoms with van der Waals surface area (Å²) < 4.78 is 10.8. The van der Waals surface area contributed by atoms with Gasteiger partial charge in [-0.1, -0.05) is 42.5 Å². The molecule has 210 valence electrons. The van der Waals surface area contributed by atoms with Gasteiger partial charge in [0.25, 0.3) is 0 Å². The fourth-order valence-electron chi connectivity index (χ4n) is 4.42. The summed E-state index contributed by atoms with van der Waals surface area (Å²) in [6.07, 6.45) is 0.468. The van der Waals surface area contributed by atoms with Crippen LogP contribution in [0, 0.1) is 5.92 Å². The molecule has 3 rings (SSSR count). The fraction of sp³-hybridized carbons (Fsp3) is 0.387. The highest BCUT2D eigenvalue weighted by Gasteiger charge is 2.23. The summed E-state index contributed by atoms with van der Waals surface area (Å²) in [7, 11) is 1.49. The minimum atomic E-state index is -0.851. The largest absolute Gasteiger partial charge is 0.504 e. The Labute approximate surface area is 229 Å². The minimum absolute atomic E-state index is 0.00559. The summed E-state index contributed by atoms with van der Waals surface area (Å²) in [6.45, 7) is 2.15. The SMILES string of the molecule is COc1cc(C[C@H](Cc2ccccc2)[C@H](O)CC(=O)CCc2ccc(O)c(OCNC[C@H](C)O)c2)ccc1O. The standard InChI is InChI=1S/C31H39NO7/c1-21(33)19-32-20-39-31-16-23(9-12-28(31)36)8-11-26(34)18-29(37)25(14-22-6-4-3-5-7-22)15-24-10-13-27(35)30(17-24)38-2/h3-7,9-10,12-13,16-17,21,25,29,32-33,35-37H,8,11,14-15,18-20H2,1-2H3/t21-,25-,29+/m0/s1. The molecule has 0 aromatic heterocycles. The number of carbonyl (C=O) groups excluding carboxylic acids is 1. The Bertz CT molecular complexity index is 1180. The van der Waals surface area contributed by atoms with Gasteiger partial charge < -0.3 is 29.9 Å². The van der Waals surface area contributed by atoms with Gasteiger partial charge in [0.1, 0.15) is 12.5 Å². The van der Waals surface area contributed by atoms with Crippen molar-refractivity contribution in [1.29, 1.82) is 0 Å². The van der Waals surface area contributed by atoms with Gasteiger partial charge in [0.15, 0.2) is 23.0 Å². The Balaban J connectivity index is 1.61. The van der Waals surface area contributed by atoms with Crippen LogP contribution >= 0.6 is 0 Å². The molecule has 0 aliphatic rings. The molecule has 0 unspecified atom stereocenters. The third-order valence-corrected chi connectivity index (χ3v) is 6.55. The lowest BCUT2D eigenvalue weighted by molar-refractivity contribution is -0.121. The Morgan fingerprint density at radius 2 is 1.51 bits per heavy atom. The second-order valence-corrected chi connectivity index (χ2v) is 9.86. The third kappa shape index (κ3) is 9.90. The Morgan fingerprint density at radius 3 is 2.21 bits per heavy atom. The van der Waals surface area contributed by atoms with Crippen LogP contribution in [0.5, 0.6) is 23.0 Å². The number of nitrogens with one attached hydrogen (secondary N) is 1. The maximum absolute atomic E-state index is 12.9. The molecular weight excluding hydrogens is 498 g/mol. The molecule has 3 aromatic carbocycles. The summed E-state index contributed by atoms with van der Waals surface area (Å²) in [4.78, 5) is 12.9. The lowest BCUT2D eigenvalue weighted by Gasteiger charge is -2.23. The summed E-state index contributed by atoms with van der Waals surface area (Å²) in [5.74, 6) is 0.439. The van der Waals surface area contributed by atoms with E-state index >= 15 is 0 Å². The topological polar surface area (TPSA) is 128 Å². The molecule has 3 atom stereocenters. The van der Waals surface area contributed by atoms with Gasteiger partial charge >= 0.3 is 0 Å². The molecule has 0 bridgehead atoms. The van der Waals surface area contributed by atoms with E-state index in [4.69, 9.17) is 9.47 Å². The maximum atomic E-state index is 12.9. The zero-order chi connectivity index (χ0) is 28.2. The normalized spacial score (nSPS) is 13.4. The van der Waals surface area contributed by atoms with Gasteiger partial charge in [0.2, 0.25) is 0 Å². The molecule has 5 N–H and O–H groups in total. The van der Waals surface area contributed by atoms with E-state index < -0.39 is 12.2 Å². The highest BCUT2D eigenvalue weighted by molar-refractivity contribution is 5.79. The van der Waals surface area contributed by atoms with Crippen LogP contribution in [-0.4, -0.2) is 58.8 Å². The lowest BCUT2D eigenvalue weighted by atomic mass is 9.85. The highest BCUT2D eigenvalue weighted by atomic mass is 16.5. The number of aliphatic hydroxyl groups is 2. The van der Waals surface area contributed by atoms with Crippen LogP contribution in [0.3, 0.4) is 0 Å². The van der Waals surface area contributed by atoms with Gasteiger partial charge in [-0.2, -0.15) is 0 Å². The van der Waals surface area contributed by atoms with Crippen molar-refractivity contribution in [2.24, 2.45) is 5.92 Å². The molecule has 3 aromatic rings. The van der Waals surface area contributed by atoms with E-state index in [1.807, 2.05) is 30.3 Å². The van der Waals surface area contributed by atoms with Crippen LogP contribution in [0.1, 0.15) is 36.5 Å². The quantitative estimate of drug-likeness (QED) is 0.138. The first-order valence-corrected chi connectivity index (χ1v) is 13.2. The number of benzene rings is 3. The van der Waals surface area contributed by atoms with Crippen LogP contribution in [0.2, 0.25) is 0 Å². The molecule has 39 heavy (non-hydrogen) atoms. The molecule has 0 saturated heterocycles. The minimum Gasteiger partial charge on any atom is -0.504 e. The zero-order valence-corrected chi connectivity index (χ0v) is 22.5. The number of hydrogen-bond acceptors (Lipinski definition) is 8. The number of ether oxygens (including phenoxy) is 2. The Kier molecular flexibility index (Phi) is 11.6. The molecule has 0 spiro atoms. The van der Waals surface area contributed by atoms with Crippen molar-refractivity contribution in [3.8, 4) is 23.0 Å². The predicted octanol–water partition coefficient (Wildman–Crippen LogP) is 3.77. The first-order chi connectivity index (χ1) is 18.7. The monoisotopic (exact) mass is 537 g/mol. The third-order valence-electron chi connectivity index (χ3n) is 6.55. The molecule has 0 amide bonds. The summed E-state index contributed by atoms with van der Waals surface area (Å²) in [5, 5.41) is 43.4. The number of ketones is 1. The molecule has 0 radical (unpaired) electrons. The number of aliphatic hydroxyl groups excluding tert-OH is 2. The van der Waals surface area contributed by atoms with Crippen molar-refractivity contribution in [3.05, 3.63) is 83.4 Å². The number of carbonyl (C=O) groups is 1. The van der Waals surface area contributed by atoms with E-state index in [1.54, 1.807) is 37.3 Å². The average molecular weight is 538 g/mol. The smallest absolute Gasteiger partial charge is 0.163 e. The van der Waals surface area contributed by atoms with Gasteiger partial charge in [-0.3, -0.25) is 10.1 Å². The Hall–Kier alpha value is -3.59. The first-order valence-electron chi connectivity index (χ1n) is 13.2. The van der Waals surface area contributed by atoms with Crippen LogP contribution in [0.25, 0.3) is 0 Å². The van der Waals surface area contributed by atoms with Crippen molar-refractivity contribution >= 4 is 5.78 Å². The number of phenolic OH excluding ortho intramolecular Hbond substituents is 2. The lowest BCUT2D eigenvalue weighted by Crippen LogP contribution is -2.28. The maximum Gasteiger partial charge on any atom is 0.163 e. The van der Waals surface area contributed by atoms with E-state index in [2.05, 4.69) is 5.32 Å². The highest BCUT2D eigenvalue weighted by Crippen LogP contribution is 2.30. The van der Waals surface area contributed by atoms with Gasteiger partial charge in [0.05, 0.1) is 19.3 Å². The van der Waals surface area contributed by atoms with E-state index in [0.29, 0.717) is 37.3 Å². The zero-order valence-electron chi connectivity index (χ0n) is 22.5. The van der Waals surface area contributed by atoms with Crippen LogP contribution in [-0.2, 0) is 24.1 Å². The van der Waals surface area contributed by atoms with Crippen molar-refractivity contribution in [2.45, 2.75) is 51.2 Å². The molecule has 0 saturated carbocycles. The molecule has 8 heteroatoms. The number of aromatic hydroxyl groups is 2.